The summed E-state index contributed by atoms with van der Waals surface area (Å²) in [5.41, 5.74) is 3.32. The lowest BCUT2D eigenvalue weighted by atomic mass is 10.0. The molecule has 138 valence electrons. The molecule has 3 nitrogen and oxygen atoms in total. The van der Waals surface area contributed by atoms with Gasteiger partial charge >= 0.3 is 0 Å². The van der Waals surface area contributed by atoms with Crippen molar-refractivity contribution in [1.82, 2.24) is 4.98 Å². The topological polar surface area (TPSA) is 42.0 Å². The van der Waals surface area contributed by atoms with Gasteiger partial charge in [-0.25, -0.2) is 4.98 Å². The molecular weight excluding hydrogens is 376 g/mol. The molecule has 0 aliphatic carbocycles. The number of aromatic nitrogens is 1. The standard InChI is InChI=1S/C22H21ClN2OS/c1-15(2)17-10-7-16(8-11-17)9-12-21(26)25-22-24-14-19(27-22)13-18-5-3-4-6-20(18)23/h3-12,14-15H,13H2,1-2H3,(H,24,25,26)/b12-9+. The molecule has 3 rings (SSSR count). The van der Waals surface area contributed by atoms with E-state index in [0.29, 0.717) is 17.5 Å². The first kappa shape index (κ1) is 19.3. The van der Waals surface area contributed by atoms with E-state index in [1.54, 1.807) is 12.3 Å². The molecule has 0 bridgehead atoms. The van der Waals surface area contributed by atoms with E-state index in [9.17, 15) is 4.79 Å². The van der Waals surface area contributed by atoms with Crippen LogP contribution < -0.4 is 5.32 Å². The predicted molar refractivity (Wildman–Crippen MR) is 115 cm³/mol. The maximum Gasteiger partial charge on any atom is 0.250 e. The van der Waals surface area contributed by atoms with E-state index in [-0.39, 0.29) is 5.91 Å². The Morgan fingerprint density at radius 3 is 2.63 bits per heavy atom. The second-order valence-electron chi connectivity index (χ2n) is 6.54. The van der Waals surface area contributed by atoms with Crippen LogP contribution in [0.1, 0.15) is 41.3 Å². The highest BCUT2D eigenvalue weighted by Crippen LogP contribution is 2.24. The minimum atomic E-state index is -0.193. The molecule has 1 N–H and O–H groups in total. The van der Waals surface area contributed by atoms with E-state index in [2.05, 4.69) is 36.3 Å². The van der Waals surface area contributed by atoms with Crippen LogP contribution in [0.15, 0.2) is 60.8 Å². The van der Waals surface area contributed by atoms with Crippen LogP contribution in [0.25, 0.3) is 6.08 Å². The van der Waals surface area contributed by atoms with E-state index in [1.807, 2.05) is 36.4 Å². The van der Waals surface area contributed by atoms with Gasteiger partial charge in [0.05, 0.1) is 0 Å². The largest absolute Gasteiger partial charge is 0.298 e. The molecule has 0 saturated heterocycles. The maximum atomic E-state index is 12.1. The first-order valence-corrected chi connectivity index (χ1v) is 9.98. The fraction of sp³-hybridized carbons (Fsp3) is 0.182. The number of thiazole rings is 1. The normalized spacial score (nSPS) is 11.3. The Kier molecular flexibility index (Phi) is 6.43. The average Bonchev–Trinajstić information content (AvgIpc) is 3.09. The van der Waals surface area contributed by atoms with Gasteiger partial charge < -0.3 is 0 Å². The van der Waals surface area contributed by atoms with Crippen molar-refractivity contribution in [2.75, 3.05) is 5.32 Å². The molecule has 0 aliphatic rings. The van der Waals surface area contributed by atoms with Crippen molar-refractivity contribution in [1.29, 1.82) is 0 Å². The Morgan fingerprint density at radius 2 is 1.93 bits per heavy atom. The number of benzene rings is 2. The van der Waals surface area contributed by atoms with Gasteiger partial charge in [0.25, 0.3) is 0 Å². The number of amides is 1. The molecule has 0 aliphatic heterocycles. The van der Waals surface area contributed by atoms with Crippen LogP contribution >= 0.6 is 22.9 Å². The number of nitrogens with zero attached hydrogens (tertiary/aromatic N) is 1. The molecule has 5 heteroatoms. The van der Waals surface area contributed by atoms with Gasteiger partial charge in [-0.2, -0.15) is 0 Å². The zero-order valence-corrected chi connectivity index (χ0v) is 16.8. The summed E-state index contributed by atoms with van der Waals surface area (Å²) in [6, 6.07) is 15.9. The third-order valence-electron chi connectivity index (χ3n) is 4.14. The lowest BCUT2D eigenvalue weighted by Gasteiger charge is -2.04. The number of rotatable bonds is 6. The minimum absolute atomic E-state index is 0.193. The van der Waals surface area contributed by atoms with Gasteiger partial charge in [-0.05, 0) is 34.8 Å². The van der Waals surface area contributed by atoms with Gasteiger partial charge in [-0.15, -0.1) is 11.3 Å². The number of carbonyl (C=O) groups is 1. The number of halogens is 1. The van der Waals surface area contributed by atoms with Crippen LogP contribution in [-0.4, -0.2) is 10.9 Å². The van der Waals surface area contributed by atoms with Crippen molar-refractivity contribution in [3.8, 4) is 0 Å². The third-order valence-corrected chi connectivity index (χ3v) is 5.42. The SMILES string of the molecule is CC(C)c1ccc(/C=C/C(=O)Nc2ncc(Cc3ccccc3Cl)s2)cc1. The van der Waals surface area contributed by atoms with Gasteiger partial charge in [-0.1, -0.05) is 67.9 Å². The molecule has 3 aromatic rings. The Bertz CT molecular complexity index is 945. The highest BCUT2D eigenvalue weighted by molar-refractivity contribution is 7.15. The lowest BCUT2D eigenvalue weighted by Crippen LogP contribution is -2.07. The van der Waals surface area contributed by atoms with Crippen molar-refractivity contribution in [2.24, 2.45) is 0 Å². The molecule has 0 saturated carbocycles. The molecule has 1 heterocycles. The van der Waals surface area contributed by atoms with E-state index in [4.69, 9.17) is 11.6 Å². The Hall–Kier alpha value is -2.43. The molecular formula is C22H21ClN2OS. The Balaban J connectivity index is 1.58. The molecule has 0 unspecified atom stereocenters. The molecule has 0 spiro atoms. The summed E-state index contributed by atoms with van der Waals surface area (Å²) < 4.78 is 0. The third kappa shape index (κ3) is 5.52. The Labute approximate surface area is 168 Å². The van der Waals surface area contributed by atoms with Crippen LogP contribution in [0.3, 0.4) is 0 Å². The predicted octanol–water partition coefficient (Wildman–Crippen LogP) is 6.16. The second-order valence-corrected chi connectivity index (χ2v) is 8.07. The zero-order chi connectivity index (χ0) is 19.2. The van der Waals surface area contributed by atoms with Crippen molar-refractivity contribution in [3.63, 3.8) is 0 Å². The van der Waals surface area contributed by atoms with Crippen molar-refractivity contribution < 1.29 is 4.79 Å². The molecule has 1 aromatic heterocycles. The van der Waals surface area contributed by atoms with Crippen molar-refractivity contribution in [2.45, 2.75) is 26.2 Å². The first-order chi connectivity index (χ1) is 13.0. The first-order valence-electron chi connectivity index (χ1n) is 8.78. The van der Waals surface area contributed by atoms with Crippen molar-refractivity contribution >= 4 is 40.1 Å². The molecule has 0 radical (unpaired) electrons. The average molecular weight is 397 g/mol. The summed E-state index contributed by atoms with van der Waals surface area (Å²) >= 11 is 7.65. The van der Waals surface area contributed by atoms with E-state index in [0.717, 1.165) is 21.0 Å². The van der Waals surface area contributed by atoms with Crippen LogP contribution in [-0.2, 0) is 11.2 Å². The number of carbonyl (C=O) groups excluding carboxylic acids is 1. The minimum Gasteiger partial charge on any atom is -0.298 e. The number of nitrogens with one attached hydrogen (secondary N) is 1. The van der Waals surface area contributed by atoms with E-state index < -0.39 is 0 Å². The number of hydrogen-bond acceptors (Lipinski definition) is 3. The zero-order valence-electron chi connectivity index (χ0n) is 15.3. The number of hydrogen-bond donors (Lipinski definition) is 1. The van der Waals surface area contributed by atoms with Crippen LogP contribution in [0.5, 0.6) is 0 Å². The van der Waals surface area contributed by atoms with Gasteiger partial charge in [0.15, 0.2) is 5.13 Å². The lowest BCUT2D eigenvalue weighted by molar-refractivity contribution is -0.111. The van der Waals surface area contributed by atoms with Crippen LogP contribution in [0.2, 0.25) is 5.02 Å². The molecule has 0 atom stereocenters. The van der Waals surface area contributed by atoms with E-state index in [1.165, 1.54) is 23.0 Å². The Morgan fingerprint density at radius 1 is 1.19 bits per heavy atom. The summed E-state index contributed by atoms with van der Waals surface area (Å²) in [7, 11) is 0. The molecule has 27 heavy (non-hydrogen) atoms. The highest BCUT2D eigenvalue weighted by atomic mass is 35.5. The second kappa shape index (κ2) is 8.98. The summed E-state index contributed by atoms with van der Waals surface area (Å²) in [5.74, 6) is 0.303. The van der Waals surface area contributed by atoms with Gasteiger partial charge in [0.2, 0.25) is 5.91 Å². The maximum absolute atomic E-state index is 12.1. The molecule has 2 aromatic carbocycles. The molecule has 0 fully saturated rings. The van der Waals surface area contributed by atoms with Crippen LogP contribution in [0, 0.1) is 0 Å². The number of anilines is 1. The van der Waals surface area contributed by atoms with Gasteiger partial charge in [-0.3, -0.25) is 10.1 Å². The smallest absolute Gasteiger partial charge is 0.250 e. The fourth-order valence-corrected chi connectivity index (χ4v) is 3.63. The van der Waals surface area contributed by atoms with Crippen molar-refractivity contribution in [3.05, 3.63) is 87.4 Å². The summed E-state index contributed by atoms with van der Waals surface area (Å²) in [5, 5.41) is 4.14. The van der Waals surface area contributed by atoms with Gasteiger partial charge in [0, 0.05) is 28.6 Å². The summed E-state index contributed by atoms with van der Waals surface area (Å²) in [6.45, 7) is 4.32. The molecule has 1 amide bonds. The highest BCUT2D eigenvalue weighted by Gasteiger charge is 2.07. The summed E-state index contributed by atoms with van der Waals surface area (Å²) in [6.07, 6.45) is 5.81. The van der Waals surface area contributed by atoms with E-state index >= 15 is 0 Å². The monoisotopic (exact) mass is 396 g/mol. The van der Waals surface area contributed by atoms with Gasteiger partial charge in [0.1, 0.15) is 0 Å². The quantitative estimate of drug-likeness (QED) is 0.507. The fourth-order valence-electron chi connectivity index (χ4n) is 2.59. The van der Waals surface area contributed by atoms with Crippen LogP contribution in [0.4, 0.5) is 5.13 Å². The summed E-state index contributed by atoms with van der Waals surface area (Å²) in [4.78, 5) is 17.5.